The van der Waals surface area contributed by atoms with E-state index < -0.39 is 6.04 Å². The zero-order valence-electron chi connectivity index (χ0n) is 28.0. The molecule has 14 heteroatoms. The standard InChI is InChI=1S/C36H38BrClN6O5S/c1-4-48-28-15-9-8-14-27(28)40-34(46)31-22(2)39-35-41-36(50-21-23-12-6-7-13-26(23)38)42-44(35)32(31)24-18-25(37)33(29(19-24)47-3)49-20-30(45)43-16-10-5-11-17-43/h6-9,12-15,18-19,32H,4-5,10-11,16-17,20-21H2,1-3H3,(H,40,46)(H,39,41,42). The first-order valence-corrected chi connectivity index (χ1v) is 18.5. The van der Waals surface area contributed by atoms with Gasteiger partial charge in [0.1, 0.15) is 11.8 Å². The molecule has 0 bridgehead atoms. The van der Waals surface area contributed by atoms with E-state index in [1.54, 1.807) is 16.8 Å². The fourth-order valence-electron chi connectivity index (χ4n) is 6.00. The molecular weight excluding hydrogens is 744 g/mol. The number of hydrogen-bond acceptors (Lipinski definition) is 9. The average Bonchev–Trinajstić information content (AvgIpc) is 3.53. The van der Waals surface area contributed by atoms with Crippen LogP contribution in [0, 0.1) is 0 Å². The predicted octanol–water partition coefficient (Wildman–Crippen LogP) is 7.71. The van der Waals surface area contributed by atoms with Crippen LogP contribution in [0.2, 0.25) is 5.02 Å². The maximum atomic E-state index is 14.3. The molecule has 1 atom stereocenters. The van der Waals surface area contributed by atoms with E-state index in [1.807, 2.05) is 67.3 Å². The summed E-state index contributed by atoms with van der Waals surface area (Å²) in [6.45, 7) is 5.52. The van der Waals surface area contributed by atoms with Gasteiger partial charge in [0.15, 0.2) is 18.1 Å². The Balaban J connectivity index is 1.35. The van der Waals surface area contributed by atoms with Gasteiger partial charge in [-0.25, -0.2) is 4.68 Å². The van der Waals surface area contributed by atoms with Crippen LogP contribution in [0.3, 0.4) is 0 Å². The minimum atomic E-state index is -0.720. The molecule has 2 N–H and O–H groups in total. The van der Waals surface area contributed by atoms with Crippen molar-refractivity contribution in [3.05, 3.63) is 92.6 Å². The van der Waals surface area contributed by atoms with Gasteiger partial charge in [-0.2, -0.15) is 4.98 Å². The number of benzene rings is 3. The number of halogens is 2. The molecule has 1 fully saturated rings. The Bertz CT molecular complexity index is 1910. The SMILES string of the molecule is CCOc1ccccc1NC(=O)C1=C(C)Nc2nc(SCc3ccccc3Cl)nn2C1c1cc(Br)c(OCC(=O)N2CCCCC2)c(OC)c1. The highest BCUT2D eigenvalue weighted by molar-refractivity contribution is 9.10. The van der Waals surface area contributed by atoms with Gasteiger partial charge in [-0.1, -0.05) is 53.7 Å². The summed E-state index contributed by atoms with van der Waals surface area (Å²) in [5, 5.41) is 12.4. The molecule has 4 aromatic rings. The third-order valence-corrected chi connectivity index (χ3v) is 10.3. The van der Waals surface area contributed by atoms with Crippen LogP contribution in [0.15, 0.2) is 81.6 Å². The molecule has 2 aliphatic rings. The number of methoxy groups -OCH3 is 1. The van der Waals surface area contributed by atoms with Gasteiger partial charge in [0.05, 0.1) is 29.4 Å². The lowest BCUT2D eigenvalue weighted by molar-refractivity contribution is -0.134. The number of hydrogen-bond donors (Lipinski definition) is 2. The second-order valence-electron chi connectivity index (χ2n) is 11.8. The molecule has 11 nitrogen and oxygen atoms in total. The van der Waals surface area contributed by atoms with E-state index in [1.165, 1.54) is 18.9 Å². The number of allylic oxidation sites excluding steroid dienone is 1. The Kier molecular flexibility index (Phi) is 11.6. The van der Waals surface area contributed by atoms with Gasteiger partial charge in [0.2, 0.25) is 11.1 Å². The van der Waals surface area contributed by atoms with E-state index in [0.29, 0.717) is 72.7 Å². The number of carbonyl (C=O) groups excluding carboxylic acids is 2. The molecule has 0 saturated carbocycles. The Morgan fingerprint density at radius 3 is 2.58 bits per heavy atom. The summed E-state index contributed by atoms with van der Waals surface area (Å²) in [4.78, 5) is 33.8. The highest BCUT2D eigenvalue weighted by atomic mass is 79.9. The number of nitrogens with zero attached hydrogens (tertiary/aromatic N) is 4. The van der Waals surface area contributed by atoms with Crippen LogP contribution in [0.4, 0.5) is 11.6 Å². The zero-order chi connectivity index (χ0) is 35.2. The zero-order valence-corrected chi connectivity index (χ0v) is 31.2. The first-order valence-electron chi connectivity index (χ1n) is 16.4. The van der Waals surface area contributed by atoms with Crippen LogP contribution >= 0.6 is 39.3 Å². The second kappa shape index (κ2) is 16.2. The van der Waals surface area contributed by atoms with E-state index in [0.717, 1.165) is 37.9 Å². The number of para-hydroxylation sites is 2. The van der Waals surface area contributed by atoms with Crippen molar-refractivity contribution in [2.75, 3.05) is 44.0 Å². The third-order valence-electron chi connectivity index (χ3n) is 8.44. The van der Waals surface area contributed by atoms with E-state index in [4.69, 9.17) is 35.9 Å². The summed E-state index contributed by atoms with van der Waals surface area (Å²) in [7, 11) is 1.54. The normalized spacial score (nSPS) is 15.6. The number of aromatic nitrogens is 3. The van der Waals surface area contributed by atoms with Crippen molar-refractivity contribution in [3.8, 4) is 17.2 Å². The average molecular weight is 782 g/mol. The number of carbonyl (C=O) groups is 2. The summed E-state index contributed by atoms with van der Waals surface area (Å²) in [6, 6.07) is 17.9. The quantitative estimate of drug-likeness (QED) is 0.139. The summed E-state index contributed by atoms with van der Waals surface area (Å²) >= 11 is 11.5. The van der Waals surface area contributed by atoms with Crippen molar-refractivity contribution < 1.29 is 23.8 Å². The molecular formula is C36H38BrClN6O5S. The monoisotopic (exact) mass is 780 g/mol. The van der Waals surface area contributed by atoms with Crippen molar-refractivity contribution in [2.45, 2.75) is 50.1 Å². The van der Waals surface area contributed by atoms with Crippen molar-refractivity contribution >= 4 is 62.7 Å². The molecule has 0 radical (unpaired) electrons. The molecule has 1 unspecified atom stereocenters. The van der Waals surface area contributed by atoms with Crippen molar-refractivity contribution in [1.82, 2.24) is 19.7 Å². The van der Waals surface area contributed by atoms with E-state index in [-0.39, 0.29) is 18.4 Å². The Morgan fingerprint density at radius 1 is 1.06 bits per heavy atom. The minimum absolute atomic E-state index is 0.0694. The Hall–Kier alpha value is -4.20. The molecule has 3 heterocycles. The number of ether oxygens (including phenoxy) is 3. The smallest absolute Gasteiger partial charge is 0.260 e. The van der Waals surface area contributed by atoms with Crippen LogP contribution < -0.4 is 24.8 Å². The van der Waals surface area contributed by atoms with Crippen molar-refractivity contribution in [2.24, 2.45) is 0 Å². The molecule has 262 valence electrons. The predicted molar refractivity (Wildman–Crippen MR) is 198 cm³/mol. The van der Waals surface area contributed by atoms with Crippen LogP contribution in [0.25, 0.3) is 0 Å². The van der Waals surface area contributed by atoms with E-state index in [9.17, 15) is 9.59 Å². The highest BCUT2D eigenvalue weighted by Gasteiger charge is 2.36. The van der Waals surface area contributed by atoms with E-state index >= 15 is 0 Å². The van der Waals surface area contributed by atoms with Gasteiger partial charge in [0.25, 0.3) is 11.8 Å². The summed E-state index contributed by atoms with van der Waals surface area (Å²) in [5.41, 5.74) is 3.20. The Morgan fingerprint density at radius 2 is 1.82 bits per heavy atom. The number of likely N-dealkylation sites (tertiary alicyclic amines) is 1. The first-order chi connectivity index (χ1) is 24.3. The lowest BCUT2D eigenvalue weighted by Gasteiger charge is -2.29. The minimum Gasteiger partial charge on any atom is -0.493 e. The molecule has 0 aliphatic carbocycles. The van der Waals surface area contributed by atoms with E-state index in [2.05, 4.69) is 26.6 Å². The molecule has 2 amide bonds. The molecule has 50 heavy (non-hydrogen) atoms. The van der Waals surface area contributed by atoms with Gasteiger partial charge in [0, 0.05) is 29.6 Å². The van der Waals surface area contributed by atoms with Crippen molar-refractivity contribution in [3.63, 3.8) is 0 Å². The fourth-order valence-corrected chi connectivity index (χ4v) is 7.69. The number of nitrogens with one attached hydrogen (secondary N) is 2. The maximum absolute atomic E-state index is 14.3. The fraction of sp³-hybridized carbons (Fsp3) is 0.333. The number of fused-ring (bicyclic) bond motifs is 1. The first kappa shape index (κ1) is 35.6. The van der Waals surface area contributed by atoms with Gasteiger partial charge in [-0.15, -0.1) is 5.10 Å². The van der Waals surface area contributed by atoms with Gasteiger partial charge in [-0.3, -0.25) is 9.59 Å². The molecule has 6 rings (SSSR count). The van der Waals surface area contributed by atoms with Crippen LogP contribution in [-0.2, 0) is 15.3 Å². The molecule has 1 aromatic heterocycles. The molecule has 3 aromatic carbocycles. The lowest BCUT2D eigenvalue weighted by atomic mass is 9.94. The lowest BCUT2D eigenvalue weighted by Crippen LogP contribution is -2.38. The number of rotatable bonds is 12. The number of amides is 2. The number of thioether (sulfide) groups is 1. The summed E-state index contributed by atoms with van der Waals surface area (Å²) in [5.74, 6) is 1.97. The van der Waals surface area contributed by atoms with Gasteiger partial charge >= 0.3 is 0 Å². The molecule has 0 spiro atoms. The van der Waals surface area contributed by atoms with Gasteiger partial charge < -0.3 is 29.7 Å². The van der Waals surface area contributed by atoms with Crippen LogP contribution in [0.5, 0.6) is 17.2 Å². The van der Waals surface area contributed by atoms with Crippen LogP contribution in [-0.4, -0.2) is 64.9 Å². The van der Waals surface area contributed by atoms with Crippen molar-refractivity contribution in [1.29, 1.82) is 0 Å². The summed E-state index contributed by atoms with van der Waals surface area (Å²) in [6.07, 6.45) is 3.12. The van der Waals surface area contributed by atoms with Gasteiger partial charge in [-0.05, 0) is 90.5 Å². The Labute approximate surface area is 308 Å². The van der Waals surface area contributed by atoms with Crippen LogP contribution in [0.1, 0.15) is 50.3 Å². The number of piperidine rings is 1. The summed E-state index contributed by atoms with van der Waals surface area (Å²) < 4.78 is 19.9. The molecule has 1 saturated heterocycles. The largest absolute Gasteiger partial charge is 0.493 e. The second-order valence-corrected chi connectivity index (χ2v) is 14.0. The maximum Gasteiger partial charge on any atom is 0.260 e. The number of anilines is 2. The highest BCUT2D eigenvalue weighted by Crippen LogP contribution is 2.44. The molecule has 2 aliphatic heterocycles. The third kappa shape index (κ3) is 7.90. The topological polar surface area (TPSA) is 120 Å².